The number of rotatable bonds is 8. The van der Waals surface area contributed by atoms with Crippen molar-refractivity contribution in [3.05, 3.63) is 0 Å². The molecule has 44 heavy (non-hydrogen) atoms. The van der Waals surface area contributed by atoms with E-state index in [9.17, 15) is 24.0 Å². The number of carbonyl (C=O) groups is 5. The van der Waals surface area contributed by atoms with Gasteiger partial charge >= 0.3 is 30.2 Å². The number of nitrogens with zero attached hydrogens (tertiary/aromatic N) is 9. The van der Waals surface area contributed by atoms with Crippen molar-refractivity contribution in [3.8, 4) is 0 Å². The summed E-state index contributed by atoms with van der Waals surface area (Å²) in [5, 5.41) is 2.59. The molecule has 0 radical (unpaired) electrons. The molecule has 17 nitrogen and oxygen atoms in total. The Kier molecular flexibility index (Phi) is 17.0. The zero-order valence-corrected chi connectivity index (χ0v) is 28.1. The maximum Gasteiger partial charge on any atom is 0.325 e. The third kappa shape index (κ3) is 10.8. The van der Waals surface area contributed by atoms with Gasteiger partial charge in [0.15, 0.2) is 0 Å². The van der Waals surface area contributed by atoms with Gasteiger partial charge in [-0.2, -0.15) is 0 Å². The average Bonchev–Trinajstić information content (AvgIpc) is 3.03. The molecule has 1 aliphatic rings. The molecule has 0 bridgehead atoms. The predicted molar refractivity (Wildman–Crippen MR) is 164 cm³/mol. The molecule has 0 unspecified atom stereocenters. The first kappa shape index (κ1) is 38.3. The molecule has 254 valence electrons. The summed E-state index contributed by atoms with van der Waals surface area (Å²) in [6.07, 6.45) is 0. The van der Waals surface area contributed by atoms with Crippen molar-refractivity contribution < 1.29 is 33.4 Å². The molecule has 10 amide bonds. The Morgan fingerprint density at radius 2 is 1.23 bits per heavy atom. The molecule has 0 aromatic rings. The number of nitrogens with one attached hydrogen (secondary N) is 1. The summed E-state index contributed by atoms with van der Waals surface area (Å²) < 4.78 is 11.2. The van der Waals surface area contributed by atoms with Gasteiger partial charge in [0.25, 0.3) is 0 Å². The van der Waals surface area contributed by atoms with Crippen LogP contribution in [-0.2, 0) is 9.47 Å². The lowest BCUT2D eigenvalue weighted by Crippen LogP contribution is -2.58. The smallest absolute Gasteiger partial charge is 0.325 e. The maximum atomic E-state index is 13.8. The van der Waals surface area contributed by atoms with Crippen molar-refractivity contribution in [1.82, 2.24) is 49.4 Å². The van der Waals surface area contributed by atoms with E-state index in [-0.39, 0.29) is 72.5 Å². The van der Waals surface area contributed by atoms with Crippen molar-refractivity contribution in [2.24, 2.45) is 0 Å². The van der Waals surface area contributed by atoms with Gasteiger partial charge in [-0.25, -0.2) is 24.0 Å². The van der Waals surface area contributed by atoms with Gasteiger partial charge < -0.3 is 44.2 Å². The molecule has 0 aliphatic carbocycles. The molecule has 1 aliphatic heterocycles. The van der Waals surface area contributed by atoms with E-state index >= 15 is 0 Å². The van der Waals surface area contributed by atoms with Crippen molar-refractivity contribution in [2.45, 2.75) is 41.5 Å². The van der Waals surface area contributed by atoms with Gasteiger partial charge in [-0.3, -0.25) is 14.7 Å². The second-order valence-electron chi connectivity index (χ2n) is 10.1. The van der Waals surface area contributed by atoms with Crippen molar-refractivity contribution in [1.29, 1.82) is 0 Å². The number of carbonyl (C=O) groups excluding carboxylic acids is 5. The van der Waals surface area contributed by atoms with Crippen molar-refractivity contribution in [2.75, 3.05) is 107 Å². The van der Waals surface area contributed by atoms with Crippen LogP contribution in [0.2, 0.25) is 0 Å². The van der Waals surface area contributed by atoms with Crippen LogP contribution in [0.3, 0.4) is 0 Å². The van der Waals surface area contributed by atoms with Crippen LogP contribution in [-0.4, -0.2) is 182 Å². The Morgan fingerprint density at radius 3 is 1.68 bits per heavy atom. The van der Waals surface area contributed by atoms with E-state index in [0.29, 0.717) is 19.7 Å². The minimum Gasteiger partial charge on any atom is -0.361 e. The molecule has 0 aromatic heterocycles. The summed E-state index contributed by atoms with van der Waals surface area (Å²) in [5.74, 6) is 0. The zero-order valence-electron chi connectivity index (χ0n) is 28.1. The van der Waals surface area contributed by atoms with Crippen molar-refractivity contribution >= 4 is 30.2 Å². The Labute approximate surface area is 262 Å². The number of amides is 10. The molecule has 1 saturated heterocycles. The van der Waals surface area contributed by atoms with E-state index in [1.807, 2.05) is 13.8 Å². The molecule has 1 fully saturated rings. The highest BCUT2D eigenvalue weighted by Gasteiger charge is 2.31. The quantitative estimate of drug-likeness (QED) is 0.429. The van der Waals surface area contributed by atoms with Gasteiger partial charge in [-0.1, -0.05) is 0 Å². The van der Waals surface area contributed by atoms with Gasteiger partial charge in [0.2, 0.25) is 0 Å². The molecule has 0 atom stereocenters. The first-order valence-electron chi connectivity index (χ1n) is 15.1. The summed E-state index contributed by atoms with van der Waals surface area (Å²) in [5.41, 5.74) is 0. The minimum atomic E-state index is -0.479. The van der Waals surface area contributed by atoms with E-state index in [2.05, 4.69) is 5.32 Å². The SMILES string of the molecule is CCOCN1COCN(C)C(=O)N(C)CN(C(=O)N(CC)CC)CN(CC)C(=O)N(CC)CN(C(=O)NC)CN(CC)C1=O. The van der Waals surface area contributed by atoms with Gasteiger partial charge in [0, 0.05) is 60.5 Å². The lowest BCUT2D eigenvalue weighted by Gasteiger charge is -2.40. The fourth-order valence-corrected chi connectivity index (χ4v) is 4.40. The number of hydrogen-bond donors (Lipinski definition) is 1. The highest BCUT2D eigenvalue weighted by atomic mass is 16.5. The first-order chi connectivity index (χ1) is 20.9. The Hall–Kier alpha value is -3.73. The average molecular weight is 631 g/mol. The standard InChI is InChI=1S/C27H54N10O7/c1-10-31(11-2)25(40)36-16-29(8)24(39)30(9)20-44-22-37(21-43-15-6)27(42)33(13-4)18-35(23(38)28-7)17-32(12-3)26(41)34(14-5)19-36/h10-22H2,1-9H3,(H,28,38). The fourth-order valence-electron chi connectivity index (χ4n) is 4.40. The second kappa shape index (κ2) is 19.5. The lowest BCUT2D eigenvalue weighted by molar-refractivity contribution is -0.0487. The Morgan fingerprint density at radius 1 is 0.727 bits per heavy atom. The minimum absolute atomic E-state index is 0.0726. The highest BCUT2D eigenvalue weighted by Crippen LogP contribution is 2.11. The van der Waals surface area contributed by atoms with E-state index < -0.39 is 24.1 Å². The molecule has 1 heterocycles. The van der Waals surface area contributed by atoms with Crippen LogP contribution in [0, 0.1) is 0 Å². The number of urea groups is 5. The maximum absolute atomic E-state index is 13.8. The van der Waals surface area contributed by atoms with Crippen LogP contribution in [0.15, 0.2) is 0 Å². The summed E-state index contributed by atoms with van der Waals surface area (Å²) >= 11 is 0. The third-order valence-corrected chi connectivity index (χ3v) is 7.08. The Bertz CT molecular complexity index is 939. The van der Waals surface area contributed by atoms with Crippen LogP contribution in [0.4, 0.5) is 24.0 Å². The third-order valence-electron chi connectivity index (χ3n) is 7.08. The van der Waals surface area contributed by atoms with E-state index in [1.165, 1.54) is 46.2 Å². The van der Waals surface area contributed by atoms with Crippen LogP contribution in [0.1, 0.15) is 41.5 Å². The molecule has 0 saturated carbocycles. The zero-order chi connectivity index (χ0) is 33.4. The summed E-state index contributed by atoms with van der Waals surface area (Å²) in [4.78, 5) is 80.0. The molecule has 1 N–H and O–H groups in total. The van der Waals surface area contributed by atoms with Crippen molar-refractivity contribution in [3.63, 3.8) is 0 Å². The summed E-state index contributed by atoms with van der Waals surface area (Å²) in [7, 11) is 4.58. The molecule has 0 aromatic carbocycles. The fraction of sp³-hybridized carbons (Fsp3) is 0.815. The van der Waals surface area contributed by atoms with Gasteiger partial charge in [-0.05, 0) is 41.5 Å². The van der Waals surface area contributed by atoms with E-state index in [1.54, 1.807) is 46.7 Å². The second-order valence-corrected chi connectivity index (χ2v) is 10.1. The molecular weight excluding hydrogens is 576 g/mol. The monoisotopic (exact) mass is 630 g/mol. The van der Waals surface area contributed by atoms with Crippen LogP contribution in [0.5, 0.6) is 0 Å². The van der Waals surface area contributed by atoms with E-state index in [0.717, 1.165) is 0 Å². The van der Waals surface area contributed by atoms with E-state index in [4.69, 9.17) is 9.47 Å². The van der Waals surface area contributed by atoms with Crippen LogP contribution >= 0.6 is 0 Å². The lowest BCUT2D eigenvalue weighted by atomic mass is 10.4. The van der Waals surface area contributed by atoms with Crippen LogP contribution in [0.25, 0.3) is 0 Å². The largest absolute Gasteiger partial charge is 0.361 e. The molecule has 1 rings (SSSR count). The molecule has 17 heteroatoms. The molecular formula is C27H54N10O7. The van der Waals surface area contributed by atoms with Crippen LogP contribution < -0.4 is 5.32 Å². The first-order valence-corrected chi connectivity index (χ1v) is 15.1. The summed E-state index contributed by atoms with van der Waals surface area (Å²) in [6, 6.07) is -2.08. The number of hydrogen-bond acceptors (Lipinski definition) is 7. The van der Waals surface area contributed by atoms with Gasteiger partial charge in [0.05, 0.1) is 0 Å². The summed E-state index contributed by atoms with van der Waals surface area (Å²) in [6.45, 7) is 12.0. The topological polar surface area (TPSA) is 145 Å². The van der Waals surface area contributed by atoms with Gasteiger partial charge in [0.1, 0.15) is 46.9 Å². The Balaban J connectivity index is 3.59. The molecule has 0 spiro atoms. The predicted octanol–water partition coefficient (Wildman–Crippen LogP) is 1.65. The number of ether oxygens (including phenoxy) is 2. The van der Waals surface area contributed by atoms with Gasteiger partial charge in [-0.15, -0.1) is 0 Å². The highest BCUT2D eigenvalue weighted by molar-refractivity contribution is 5.80. The normalized spacial score (nSPS) is 17.2.